The van der Waals surface area contributed by atoms with E-state index < -0.39 is 9.84 Å². The molecule has 2 aromatic carbocycles. The van der Waals surface area contributed by atoms with Gasteiger partial charge in [0.2, 0.25) is 0 Å². The molecule has 128 valence electrons. The van der Waals surface area contributed by atoms with Crippen molar-refractivity contribution in [1.29, 1.82) is 0 Å². The van der Waals surface area contributed by atoms with Crippen LogP contribution in [-0.4, -0.2) is 32.9 Å². The highest BCUT2D eigenvalue weighted by Gasteiger charge is 2.14. The highest BCUT2D eigenvalue weighted by molar-refractivity contribution is 7.99. The summed E-state index contributed by atoms with van der Waals surface area (Å²) in [6.45, 7) is 4.35. The Labute approximate surface area is 147 Å². The minimum absolute atomic E-state index is 0.160. The van der Waals surface area contributed by atoms with Gasteiger partial charge in [0, 0.05) is 29.0 Å². The van der Waals surface area contributed by atoms with Gasteiger partial charge in [-0.05, 0) is 43.7 Å². The minimum atomic E-state index is -3.32. The van der Waals surface area contributed by atoms with Crippen LogP contribution in [0.25, 0.3) is 0 Å². The van der Waals surface area contributed by atoms with Gasteiger partial charge in [0.15, 0.2) is 9.84 Å². The van der Waals surface area contributed by atoms with Crippen molar-refractivity contribution in [3.05, 3.63) is 59.2 Å². The smallest absolute Gasteiger partial charge is 0.251 e. The van der Waals surface area contributed by atoms with Crippen molar-refractivity contribution in [2.45, 2.75) is 23.6 Å². The van der Waals surface area contributed by atoms with Gasteiger partial charge in [-0.2, -0.15) is 0 Å². The average Bonchev–Trinajstić information content (AvgIpc) is 2.52. The Morgan fingerprint density at radius 1 is 1.08 bits per heavy atom. The first-order valence-electron chi connectivity index (χ1n) is 7.56. The fourth-order valence-electron chi connectivity index (χ4n) is 2.14. The molecule has 2 rings (SSSR count). The Balaban J connectivity index is 1.94. The Kier molecular flexibility index (Phi) is 6.07. The molecule has 0 unspecified atom stereocenters. The summed E-state index contributed by atoms with van der Waals surface area (Å²) < 4.78 is 23.3. The summed E-state index contributed by atoms with van der Waals surface area (Å²) in [5.41, 5.74) is 2.37. The van der Waals surface area contributed by atoms with Crippen LogP contribution < -0.4 is 5.32 Å². The second kappa shape index (κ2) is 7.85. The van der Waals surface area contributed by atoms with Crippen molar-refractivity contribution in [3.63, 3.8) is 0 Å². The van der Waals surface area contributed by atoms with Crippen molar-refractivity contribution in [2.75, 3.05) is 18.6 Å². The third-order valence-corrected chi connectivity index (χ3v) is 5.68. The van der Waals surface area contributed by atoms with Gasteiger partial charge in [-0.15, -0.1) is 11.8 Å². The van der Waals surface area contributed by atoms with E-state index in [9.17, 15) is 13.2 Å². The van der Waals surface area contributed by atoms with Crippen LogP contribution >= 0.6 is 11.8 Å². The van der Waals surface area contributed by atoms with E-state index >= 15 is 0 Å². The lowest BCUT2D eigenvalue weighted by Gasteiger charge is -2.09. The molecule has 0 spiro atoms. The molecule has 0 aliphatic rings. The number of sulfone groups is 1. The van der Waals surface area contributed by atoms with Crippen LogP contribution in [0.2, 0.25) is 0 Å². The van der Waals surface area contributed by atoms with Gasteiger partial charge in [0.05, 0.1) is 4.90 Å². The molecule has 1 N–H and O–H groups in total. The second-order valence-electron chi connectivity index (χ2n) is 5.67. The van der Waals surface area contributed by atoms with Gasteiger partial charge in [-0.1, -0.05) is 23.8 Å². The molecule has 2 aromatic rings. The van der Waals surface area contributed by atoms with Crippen molar-refractivity contribution in [1.82, 2.24) is 5.32 Å². The molecule has 4 nitrogen and oxygen atoms in total. The van der Waals surface area contributed by atoms with Crippen LogP contribution in [0.5, 0.6) is 0 Å². The predicted molar refractivity (Wildman–Crippen MR) is 98.5 cm³/mol. The number of benzene rings is 2. The molecule has 0 aliphatic heterocycles. The number of hydrogen-bond donors (Lipinski definition) is 1. The molecule has 0 saturated heterocycles. The zero-order valence-corrected chi connectivity index (χ0v) is 15.6. The molecule has 0 aromatic heterocycles. The summed E-state index contributed by atoms with van der Waals surface area (Å²) in [5, 5.41) is 2.85. The molecule has 6 heteroatoms. The third-order valence-electron chi connectivity index (χ3n) is 3.56. The topological polar surface area (TPSA) is 63.2 Å². The summed E-state index contributed by atoms with van der Waals surface area (Å²) in [7, 11) is -3.32. The molecule has 0 saturated carbocycles. The van der Waals surface area contributed by atoms with Crippen molar-refractivity contribution >= 4 is 27.5 Å². The molecular weight excluding hydrogens is 342 g/mol. The maximum absolute atomic E-state index is 12.3. The van der Waals surface area contributed by atoms with E-state index in [2.05, 4.69) is 29.6 Å². The Hall–Kier alpha value is -1.79. The monoisotopic (exact) mass is 363 g/mol. The van der Waals surface area contributed by atoms with Crippen molar-refractivity contribution in [2.24, 2.45) is 0 Å². The van der Waals surface area contributed by atoms with Crippen LogP contribution in [0.4, 0.5) is 0 Å². The molecular formula is C18H21NO3S2. The number of thioether (sulfide) groups is 1. The molecule has 0 fully saturated rings. The van der Waals surface area contributed by atoms with Crippen molar-refractivity contribution < 1.29 is 13.2 Å². The second-order valence-corrected chi connectivity index (χ2v) is 8.85. The van der Waals surface area contributed by atoms with Gasteiger partial charge >= 0.3 is 0 Å². The summed E-state index contributed by atoms with van der Waals surface area (Å²) in [5.74, 6) is 0.502. The minimum Gasteiger partial charge on any atom is -0.351 e. The molecule has 1 amide bonds. The van der Waals surface area contributed by atoms with Crippen LogP contribution in [0.15, 0.2) is 52.3 Å². The van der Waals surface area contributed by atoms with E-state index in [1.54, 1.807) is 24.8 Å². The van der Waals surface area contributed by atoms with Crippen LogP contribution in [-0.2, 0) is 9.84 Å². The summed E-state index contributed by atoms with van der Waals surface area (Å²) in [6, 6.07) is 12.8. The normalized spacial score (nSPS) is 11.3. The van der Waals surface area contributed by atoms with Gasteiger partial charge in [0.25, 0.3) is 5.91 Å². The zero-order chi connectivity index (χ0) is 17.7. The van der Waals surface area contributed by atoms with Gasteiger partial charge in [-0.25, -0.2) is 8.42 Å². The fraction of sp³-hybridized carbons (Fsp3) is 0.278. The van der Waals surface area contributed by atoms with Gasteiger partial charge in [-0.3, -0.25) is 4.79 Å². The number of carbonyl (C=O) groups is 1. The first-order valence-corrected chi connectivity index (χ1v) is 10.4. The highest BCUT2D eigenvalue weighted by Crippen LogP contribution is 2.18. The molecule has 0 aliphatic carbocycles. The molecule has 0 bridgehead atoms. The Morgan fingerprint density at radius 2 is 1.75 bits per heavy atom. The molecule has 0 heterocycles. The quantitative estimate of drug-likeness (QED) is 0.632. The van der Waals surface area contributed by atoms with E-state index in [1.165, 1.54) is 17.7 Å². The average molecular weight is 364 g/mol. The third kappa shape index (κ3) is 5.11. The number of hydrogen-bond acceptors (Lipinski definition) is 4. The van der Waals surface area contributed by atoms with E-state index in [0.717, 1.165) is 22.5 Å². The number of aryl methyl sites for hydroxylation is 2. The largest absolute Gasteiger partial charge is 0.351 e. The Morgan fingerprint density at radius 3 is 2.38 bits per heavy atom. The number of amides is 1. The van der Waals surface area contributed by atoms with Gasteiger partial charge < -0.3 is 5.32 Å². The number of carbonyl (C=O) groups excluding carboxylic acids is 1. The maximum atomic E-state index is 12.3. The highest BCUT2D eigenvalue weighted by atomic mass is 32.2. The number of rotatable bonds is 6. The lowest BCUT2D eigenvalue weighted by atomic mass is 10.1. The van der Waals surface area contributed by atoms with Crippen LogP contribution in [0.1, 0.15) is 21.5 Å². The maximum Gasteiger partial charge on any atom is 0.251 e. The Bertz CT molecular complexity index is 828. The first kappa shape index (κ1) is 18.5. The fourth-order valence-corrected chi connectivity index (χ4v) is 3.56. The van der Waals surface area contributed by atoms with E-state index in [4.69, 9.17) is 0 Å². The van der Waals surface area contributed by atoms with Crippen LogP contribution in [0.3, 0.4) is 0 Å². The SMILES string of the molecule is Cc1ccc(SCCNC(=O)c2cc(S(C)(=O)=O)ccc2C)cc1. The zero-order valence-electron chi connectivity index (χ0n) is 14.0. The standard InChI is InChI=1S/C18H21NO3S2/c1-13-4-7-15(8-5-13)23-11-10-19-18(20)17-12-16(24(3,21)22)9-6-14(17)2/h4-9,12H,10-11H2,1-3H3,(H,19,20). The van der Waals surface area contributed by atoms with Crippen LogP contribution in [0, 0.1) is 13.8 Å². The van der Waals surface area contributed by atoms with Gasteiger partial charge in [0.1, 0.15) is 0 Å². The summed E-state index contributed by atoms with van der Waals surface area (Å²) in [6.07, 6.45) is 1.14. The lowest BCUT2D eigenvalue weighted by molar-refractivity contribution is 0.0955. The summed E-state index contributed by atoms with van der Waals surface area (Å²) >= 11 is 1.67. The molecule has 24 heavy (non-hydrogen) atoms. The van der Waals surface area contributed by atoms with E-state index in [-0.39, 0.29) is 10.8 Å². The molecule has 0 radical (unpaired) electrons. The van der Waals surface area contributed by atoms with Crippen molar-refractivity contribution in [3.8, 4) is 0 Å². The van der Waals surface area contributed by atoms with E-state index in [0.29, 0.717) is 12.1 Å². The van der Waals surface area contributed by atoms with E-state index in [1.807, 2.05) is 6.92 Å². The first-order chi connectivity index (χ1) is 11.3. The predicted octanol–water partition coefficient (Wildman–Crippen LogP) is 3.23. The molecule has 0 atom stereocenters. The summed E-state index contributed by atoms with van der Waals surface area (Å²) in [4.78, 5) is 13.6. The lowest BCUT2D eigenvalue weighted by Crippen LogP contribution is -2.26. The number of nitrogens with one attached hydrogen (secondary N) is 1.